The second-order valence-corrected chi connectivity index (χ2v) is 4.31. The summed E-state index contributed by atoms with van der Waals surface area (Å²) in [5.41, 5.74) is 6.49. The van der Waals surface area contributed by atoms with E-state index in [9.17, 15) is 4.79 Å². The first-order chi connectivity index (χ1) is 7.45. The van der Waals surface area contributed by atoms with E-state index in [1.165, 1.54) is 0 Å². The Labute approximate surface area is 96.2 Å². The summed E-state index contributed by atoms with van der Waals surface area (Å²) in [7, 11) is 3.53. The lowest BCUT2D eigenvalue weighted by atomic mass is 10.1. The minimum absolute atomic E-state index is 0.113. The van der Waals surface area contributed by atoms with Gasteiger partial charge in [-0.05, 0) is 5.92 Å². The molecule has 2 N–H and O–H groups in total. The molecule has 0 aliphatic rings. The summed E-state index contributed by atoms with van der Waals surface area (Å²) in [6.07, 6.45) is 2.69. The number of nitrogens with zero attached hydrogens (tertiary/aromatic N) is 3. The van der Waals surface area contributed by atoms with Gasteiger partial charge in [0.25, 0.3) is 5.91 Å². The Morgan fingerprint density at radius 3 is 2.75 bits per heavy atom. The Bertz CT molecular complexity index is 372. The molecule has 0 saturated carbocycles. The number of aromatic nitrogens is 2. The van der Waals surface area contributed by atoms with Crippen molar-refractivity contribution in [2.75, 3.05) is 19.3 Å². The first-order valence-corrected chi connectivity index (χ1v) is 5.50. The zero-order valence-corrected chi connectivity index (χ0v) is 10.4. The van der Waals surface area contributed by atoms with Crippen molar-refractivity contribution < 1.29 is 4.79 Å². The number of rotatable bonds is 4. The maximum atomic E-state index is 12.0. The van der Waals surface area contributed by atoms with Gasteiger partial charge in [-0.3, -0.25) is 9.48 Å². The molecule has 0 spiro atoms. The van der Waals surface area contributed by atoms with Gasteiger partial charge >= 0.3 is 0 Å². The molecule has 0 aromatic carbocycles. The lowest BCUT2D eigenvalue weighted by Crippen LogP contribution is -2.31. The third kappa shape index (κ3) is 2.74. The van der Waals surface area contributed by atoms with E-state index in [-0.39, 0.29) is 5.91 Å². The molecule has 1 aromatic heterocycles. The van der Waals surface area contributed by atoms with Crippen molar-refractivity contribution in [3.63, 3.8) is 0 Å². The van der Waals surface area contributed by atoms with Crippen LogP contribution in [0.4, 0.5) is 5.69 Å². The quantitative estimate of drug-likeness (QED) is 0.833. The lowest BCUT2D eigenvalue weighted by Gasteiger charge is -2.19. The molecule has 90 valence electrons. The van der Waals surface area contributed by atoms with Gasteiger partial charge in [-0.25, -0.2) is 0 Å². The van der Waals surface area contributed by atoms with Crippen molar-refractivity contribution in [1.29, 1.82) is 0 Å². The van der Waals surface area contributed by atoms with E-state index < -0.39 is 0 Å². The number of carbonyl (C=O) groups excluding carboxylic acids is 1. The van der Waals surface area contributed by atoms with Gasteiger partial charge in [0.2, 0.25) is 0 Å². The van der Waals surface area contributed by atoms with E-state index in [4.69, 9.17) is 5.73 Å². The third-order valence-electron chi connectivity index (χ3n) is 2.69. The number of hydrogen-bond acceptors (Lipinski definition) is 3. The summed E-state index contributed by atoms with van der Waals surface area (Å²) in [4.78, 5) is 13.7. The van der Waals surface area contributed by atoms with Gasteiger partial charge < -0.3 is 10.6 Å². The highest BCUT2D eigenvalue weighted by Gasteiger charge is 2.19. The van der Waals surface area contributed by atoms with Crippen LogP contribution in [0, 0.1) is 5.92 Å². The molecule has 1 heterocycles. The van der Waals surface area contributed by atoms with E-state index in [0.717, 1.165) is 13.0 Å². The Morgan fingerprint density at radius 1 is 1.69 bits per heavy atom. The van der Waals surface area contributed by atoms with Gasteiger partial charge in [0, 0.05) is 26.8 Å². The molecule has 5 nitrogen and oxygen atoms in total. The summed E-state index contributed by atoms with van der Waals surface area (Å²) in [6, 6.07) is 0. The molecule has 0 saturated heterocycles. The predicted molar refractivity (Wildman–Crippen MR) is 64.0 cm³/mol. The largest absolute Gasteiger partial charge is 0.396 e. The highest BCUT2D eigenvalue weighted by atomic mass is 16.2. The van der Waals surface area contributed by atoms with Gasteiger partial charge in [0.15, 0.2) is 5.69 Å². The highest BCUT2D eigenvalue weighted by Crippen LogP contribution is 2.12. The Balaban J connectivity index is 2.74. The Morgan fingerprint density at radius 2 is 2.31 bits per heavy atom. The molecule has 5 heteroatoms. The second kappa shape index (κ2) is 5.01. The predicted octanol–water partition coefficient (Wildman–Crippen LogP) is 1.12. The number of aryl methyl sites for hydroxylation is 1. The van der Waals surface area contributed by atoms with Crippen LogP contribution in [-0.2, 0) is 7.05 Å². The fraction of sp³-hybridized carbons (Fsp3) is 0.636. The van der Waals surface area contributed by atoms with Gasteiger partial charge in [-0.2, -0.15) is 5.10 Å². The summed E-state index contributed by atoms with van der Waals surface area (Å²) in [5.74, 6) is 0.372. The van der Waals surface area contributed by atoms with E-state index in [0.29, 0.717) is 17.3 Å². The lowest BCUT2D eigenvalue weighted by molar-refractivity contribution is 0.0769. The highest BCUT2D eigenvalue weighted by molar-refractivity contribution is 5.96. The SMILES string of the molecule is CCC(C)CN(C)C(=O)c1nn(C)cc1N. The van der Waals surface area contributed by atoms with Crippen molar-refractivity contribution in [3.05, 3.63) is 11.9 Å². The van der Waals surface area contributed by atoms with Crippen LogP contribution < -0.4 is 5.73 Å². The van der Waals surface area contributed by atoms with Crippen LogP contribution in [0.25, 0.3) is 0 Å². The molecule has 1 atom stereocenters. The number of amides is 1. The maximum absolute atomic E-state index is 12.0. The number of carbonyl (C=O) groups is 1. The van der Waals surface area contributed by atoms with Crippen LogP contribution in [0.2, 0.25) is 0 Å². The van der Waals surface area contributed by atoms with Crippen molar-refractivity contribution in [2.45, 2.75) is 20.3 Å². The minimum atomic E-state index is -0.113. The first-order valence-electron chi connectivity index (χ1n) is 5.50. The molecular formula is C11H20N4O. The van der Waals surface area contributed by atoms with Crippen LogP contribution in [0.5, 0.6) is 0 Å². The zero-order chi connectivity index (χ0) is 12.3. The number of nitrogens with two attached hydrogens (primary N) is 1. The second-order valence-electron chi connectivity index (χ2n) is 4.31. The molecule has 1 aromatic rings. The fourth-order valence-electron chi connectivity index (χ4n) is 1.53. The summed E-state index contributed by atoms with van der Waals surface area (Å²) >= 11 is 0. The number of anilines is 1. The van der Waals surface area contributed by atoms with Crippen LogP contribution in [-0.4, -0.2) is 34.2 Å². The van der Waals surface area contributed by atoms with Crippen LogP contribution >= 0.6 is 0 Å². The van der Waals surface area contributed by atoms with Gasteiger partial charge in [0.1, 0.15) is 0 Å². The Kier molecular flexibility index (Phi) is 3.93. The standard InChI is InChI=1S/C11H20N4O/c1-5-8(2)6-14(3)11(16)10-9(12)7-15(4)13-10/h7-8H,5-6,12H2,1-4H3. The zero-order valence-electron chi connectivity index (χ0n) is 10.4. The van der Waals surface area contributed by atoms with Crippen molar-refractivity contribution >= 4 is 11.6 Å². The van der Waals surface area contributed by atoms with Crippen molar-refractivity contribution in [1.82, 2.24) is 14.7 Å². The molecule has 0 aliphatic carbocycles. The number of hydrogen-bond donors (Lipinski definition) is 1. The molecule has 1 rings (SSSR count). The van der Waals surface area contributed by atoms with Crippen LogP contribution in [0.1, 0.15) is 30.8 Å². The monoisotopic (exact) mass is 224 g/mol. The average Bonchev–Trinajstić information content (AvgIpc) is 2.56. The first kappa shape index (κ1) is 12.5. The third-order valence-corrected chi connectivity index (χ3v) is 2.69. The van der Waals surface area contributed by atoms with E-state index in [1.807, 2.05) is 0 Å². The smallest absolute Gasteiger partial charge is 0.276 e. The molecule has 0 bridgehead atoms. The molecule has 16 heavy (non-hydrogen) atoms. The van der Waals surface area contributed by atoms with Crippen LogP contribution in [0.15, 0.2) is 6.20 Å². The van der Waals surface area contributed by atoms with E-state index in [2.05, 4.69) is 18.9 Å². The molecule has 0 aliphatic heterocycles. The minimum Gasteiger partial charge on any atom is -0.396 e. The molecular weight excluding hydrogens is 204 g/mol. The van der Waals surface area contributed by atoms with E-state index in [1.54, 1.807) is 29.9 Å². The average molecular weight is 224 g/mol. The number of nitrogen functional groups attached to an aromatic ring is 1. The molecule has 0 radical (unpaired) electrons. The Hall–Kier alpha value is -1.52. The van der Waals surface area contributed by atoms with Gasteiger partial charge in [-0.1, -0.05) is 20.3 Å². The van der Waals surface area contributed by atoms with Gasteiger partial charge in [-0.15, -0.1) is 0 Å². The summed E-state index contributed by atoms with van der Waals surface area (Å²) < 4.78 is 1.56. The summed E-state index contributed by atoms with van der Waals surface area (Å²) in [6.45, 7) is 4.95. The van der Waals surface area contributed by atoms with Crippen molar-refractivity contribution in [2.24, 2.45) is 13.0 Å². The molecule has 1 amide bonds. The molecule has 0 fully saturated rings. The fourth-order valence-corrected chi connectivity index (χ4v) is 1.53. The van der Waals surface area contributed by atoms with Crippen molar-refractivity contribution in [3.8, 4) is 0 Å². The molecule has 1 unspecified atom stereocenters. The summed E-state index contributed by atoms with van der Waals surface area (Å²) in [5, 5.41) is 4.06. The topological polar surface area (TPSA) is 64.2 Å². The normalized spacial score (nSPS) is 12.5. The maximum Gasteiger partial charge on any atom is 0.276 e. The van der Waals surface area contributed by atoms with E-state index >= 15 is 0 Å². The van der Waals surface area contributed by atoms with Crippen LogP contribution in [0.3, 0.4) is 0 Å². The van der Waals surface area contributed by atoms with Gasteiger partial charge in [0.05, 0.1) is 5.69 Å².